The summed E-state index contributed by atoms with van der Waals surface area (Å²) < 4.78 is 23.8. The molecule has 8 nitrogen and oxygen atoms in total. The lowest BCUT2D eigenvalue weighted by molar-refractivity contribution is -0.0113. The van der Waals surface area contributed by atoms with Crippen LogP contribution in [0.4, 0.5) is 0 Å². The molecule has 0 rings (SSSR count). The maximum Gasteiger partial charge on any atom is 0.0932 e. The molecule has 0 saturated heterocycles. The van der Waals surface area contributed by atoms with Gasteiger partial charge in [-0.05, 0) is 85.2 Å². The average molecular weight is 987 g/mol. The molecule has 0 heterocycles. The number of ether oxygens (including phenoxy) is 4. The molecular weight excluding hydrogens is 874 g/mol. The quantitative estimate of drug-likeness (QED) is 0.0449. The van der Waals surface area contributed by atoms with Crippen molar-refractivity contribution in [3.63, 3.8) is 0 Å². The zero-order valence-corrected chi connectivity index (χ0v) is 45.5. The van der Waals surface area contributed by atoms with Gasteiger partial charge in [0.15, 0.2) is 0 Å². The van der Waals surface area contributed by atoms with Crippen molar-refractivity contribution in [2.75, 3.05) is 92.0 Å². The molecule has 0 aromatic carbocycles. The molecule has 0 saturated carbocycles. The van der Waals surface area contributed by atoms with Crippen LogP contribution in [0.25, 0.3) is 0 Å². The highest BCUT2D eigenvalue weighted by molar-refractivity contribution is 5.86. The summed E-state index contributed by atoms with van der Waals surface area (Å²) in [5.41, 5.74) is 0. The summed E-state index contributed by atoms with van der Waals surface area (Å²) in [5.74, 6) is 0. The predicted octanol–water partition coefficient (Wildman–Crippen LogP) is 14.0. The van der Waals surface area contributed by atoms with Crippen molar-refractivity contribution in [3.8, 4) is 0 Å². The summed E-state index contributed by atoms with van der Waals surface area (Å²) in [7, 11) is 0. The fourth-order valence-corrected chi connectivity index (χ4v) is 7.82. The Morgan fingerprint density at radius 1 is 0.286 bits per heavy atom. The molecule has 388 valence electrons. The van der Waals surface area contributed by atoms with Gasteiger partial charge in [0.2, 0.25) is 0 Å². The maximum absolute atomic E-state index is 5.99. The van der Waals surface area contributed by atoms with Crippen molar-refractivity contribution in [1.29, 1.82) is 0 Å². The molecule has 0 aliphatic carbocycles. The molecule has 0 aliphatic rings. The van der Waals surface area contributed by atoms with Gasteiger partial charge < -0.3 is 40.2 Å². The molecule has 2 unspecified atom stereocenters. The van der Waals surface area contributed by atoms with Gasteiger partial charge in [-0.1, -0.05) is 181 Å². The van der Waals surface area contributed by atoms with Crippen LogP contribution in [0.5, 0.6) is 0 Å². The van der Waals surface area contributed by atoms with E-state index in [9.17, 15) is 0 Å². The zero-order valence-electron chi connectivity index (χ0n) is 42.2. The fourth-order valence-electron chi connectivity index (χ4n) is 7.82. The molecule has 4 N–H and O–H groups in total. The highest BCUT2D eigenvalue weighted by Gasteiger charge is 2.09. The van der Waals surface area contributed by atoms with Gasteiger partial charge >= 0.3 is 0 Å². The number of nitrogens with one attached hydrogen (secondary N) is 4. The first kappa shape index (κ1) is 72.8. The van der Waals surface area contributed by atoms with Crippen molar-refractivity contribution < 1.29 is 18.9 Å². The average Bonchev–Trinajstić information content (AvgIpc) is 3.24. The highest BCUT2D eigenvalue weighted by Crippen LogP contribution is 2.14. The fraction of sp³-hybridized carbons (Fsp3) is 1.00. The third-order valence-corrected chi connectivity index (χ3v) is 11.6. The molecule has 63 heavy (non-hydrogen) atoms. The Morgan fingerprint density at radius 3 is 0.778 bits per heavy atom. The molecule has 0 radical (unpaired) electrons. The maximum atomic E-state index is 5.99. The van der Waals surface area contributed by atoms with E-state index < -0.39 is 0 Å². The molecule has 0 spiro atoms. The molecule has 0 aromatic rings. The minimum atomic E-state index is 0. The van der Waals surface area contributed by atoms with Gasteiger partial charge in [0.1, 0.15) is 0 Å². The van der Waals surface area contributed by atoms with Gasteiger partial charge in [0.25, 0.3) is 0 Å². The Kier molecular flexibility index (Phi) is 77.6. The summed E-state index contributed by atoms with van der Waals surface area (Å²) in [4.78, 5) is 0. The van der Waals surface area contributed by atoms with Crippen molar-refractivity contribution in [2.24, 2.45) is 0 Å². The molecular formula is C51H112Cl4N4O4. The van der Waals surface area contributed by atoms with Gasteiger partial charge in [-0.2, -0.15) is 0 Å². The monoisotopic (exact) mass is 985 g/mol. The van der Waals surface area contributed by atoms with Gasteiger partial charge in [-0.15, -0.1) is 49.6 Å². The van der Waals surface area contributed by atoms with E-state index in [1.807, 2.05) is 0 Å². The number of hydrogen-bond donors (Lipinski definition) is 4. The van der Waals surface area contributed by atoms with Crippen LogP contribution in [-0.4, -0.2) is 104 Å². The standard InChI is InChI=1S/C51H108N4O4.4ClH/c1-5-9-11-13-15-17-19-21-23-25-27-29-31-33-44-56-48-50(58-7-3)46-54-42-36-40-52-38-35-39-53-41-37-43-55-47-51(59-8-4)49-57-45-34-32-30-28-26-24-22-20-18-16-14-12-10-6-2;;;;/h50-55H,5-49H2,1-4H3;4*1H. The molecule has 0 aromatic heterocycles. The predicted molar refractivity (Wildman–Crippen MR) is 287 cm³/mol. The Bertz CT molecular complexity index is 699. The van der Waals surface area contributed by atoms with E-state index in [-0.39, 0.29) is 61.8 Å². The molecule has 0 fully saturated rings. The first-order valence-electron chi connectivity index (χ1n) is 26.5. The normalized spacial score (nSPS) is 12.0. The van der Waals surface area contributed by atoms with Crippen LogP contribution in [-0.2, 0) is 18.9 Å². The Morgan fingerprint density at radius 2 is 0.524 bits per heavy atom. The summed E-state index contributed by atoms with van der Waals surface area (Å²) >= 11 is 0. The van der Waals surface area contributed by atoms with Crippen molar-refractivity contribution in [1.82, 2.24) is 21.3 Å². The van der Waals surface area contributed by atoms with E-state index in [0.717, 1.165) is 98.0 Å². The second-order valence-corrected chi connectivity index (χ2v) is 17.5. The van der Waals surface area contributed by atoms with E-state index in [4.69, 9.17) is 18.9 Å². The van der Waals surface area contributed by atoms with Crippen molar-refractivity contribution in [2.45, 2.75) is 239 Å². The van der Waals surface area contributed by atoms with Gasteiger partial charge in [-0.25, -0.2) is 0 Å². The third-order valence-electron chi connectivity index (χ3n) is 11.6. The van der Waals surface area contributed by atoms with Crippen LogP contribution in [0.2, 0.25) is 0 Å². The Hall–Kier alpha value is 0.840. The summed E-state index contributed by atoms with van der Waals surface area (Å²) in [5, 5.41) is 14.3. The summed E-state index contributed by atoms with van der Waals surface area (Å²) in [6.45, 7) is 21.3. The second-order valence-electron chi connectivity index (χ2n) is 17.5. The Labute approximate surface area is 418 Å². The molecule has 2 atom stereocenters. The molecule has 12 heteroatoms. The minimum absolute atomic E-state index is 0. The lowest BCUT2D eigenvalue weighted by atomic mass is 10.0. The number of rotatable bonds is 54. The van der Waals surface area contributed by atoms with Crippen molar-refractivity contribution >= 4 is 49.6 Å². The lowest BCUT2D eigenvalue weighted by Gasteiger charge is -2.18. The van der Waals surface area contributed by atoms with Gasteiger partial charge in [-0.3, -0.25) is 0 Å². The van der Waals surface area contributed by atoms with E-state index in [1.165, 1.54) is 180 Å². The topological polar surface area (TPSA) is 85.0 Å². The van der Waals surface area contributed by atoms with Crippen LogP contribution >= 0.6 is 49.6 Å². The SMILES string of the molecule is CCCCCCCCCCCCCCCCOCC(CNCCCNCCCNCCCNCC(COCCCCCCCCCCCCCCCC)OCC)OCC.Cl.Cl.Cl.Cl. The van der Waals surface area contributed by atoms with E-state index >= 15 is 0 Å². The summed E-state index contributed by atoms with van der Waals surface area (Å²) in [6.07, 6.45) is 42.7. The van der Waals surface area contributed by atoms with Crippen molar-refractivity contribution in [3.05, 3.63) is 0 Å². The van der Waals surface area contributed by atoms with Crippen LogP contribution in [0.3, 0.4) is 0 Å². The highest BCUT2D eigenvalue weighted by atomic mass is 35.5. The van der Waals surface area contributed by atoms with Crippen LogP contribution in [0.1, 0.15) is 227 Å². The largest absolute Gasteiger partial charge is 0.379 e. The number of halogens is 4. The Balaban J connectivity index is -0.00000280. The summed E-state index contributed by atoms with van der Waals surface area (Å²) in [6, 6.07) is 0. The van der Waals surface area contributed by atoms with Crippen LogP contribution in [0.15, 0.2) is 0 Å². The first-order chi connectivity index (χ1) is 29.3. The van der Waals surface area contributed by atoms with Crippen LogP contribution < -0.4 is 21.3 Å². The molecule has 0 amide bonds. The van der Waals surface area contributed by atoms with E-state index in [0.29, 0.717) is 13.2 Å². The molecule has 0 aliphatic heterocycles. The zero-order chi connectivity index (χ0) is 42.6. The smallest absolute Gasteiger partial charge is 0.0932 e. The van der Waals surface area contributed by atoms with E-state index in [1.54, 1.807) is 0 Å². The lowest BCUT2D eigenvalue weighted by Crippen LogP contribution is -2.35. The number of unbranched alkanes of at least 4 members (excludes halogenated alkanes) is 26. The third kappa shape index (κ3) is 62.8. The minimum Gasteiger partial charge on any atom is -0.379 e. The van der Waals surface area contributed by atoms with Gasteiger partial charge in [0, 0.05) is 39.5 Å². The number of hydrogen-bond acceptors (Lipinski definition) is 8. The second kappa shape index (κ2) is 67.1. The molecule has 0 bridgehead atoms. The first-order valence-corrected chi connectivity index (χ1v) is 26.5. The van der Waals surface area contributed by atoms with Gasteiger partial charge in [0.05, 0.1) is 25.4 Å². The van der Waals surface area contributed by atoms with E-state index in [2.05, 4.69) is 49.0 Å². The van der Waals surface area contributed by atoms with Crippen LogP contribution in [0, 0.1) is 0 Å².